The van der Waals surface area contributed by atoms with Crippen molar-refractivity contribution < 1.29 is 52.8 Å². The van der Waals surface area contributed by atoms with E-state index in [1.165, 1.54) is 31.9 Å². The molecule has 2 unspecified atom stereocenters. The zero-order valence-electron chi connectivity index (χ0n) is 79.7. The number of aryl methyl sites for hydroxylation is 3. The molecule has 20 rings (SSSR count). The predicted molar refractivity (Wildman–Crippen MR) is 530 cm³/mol. The molecule has 2 atom stereocenters. The highest BCUT2D eigenvalue weighted by Gasteiger charge is 2.33. The number of ketones is 6. The quantitative estimate of drug-likeness (QED) is 0.0236. The number of benzene rings is 3. The van der Waals surface area contributed by atoms with E-state index in [0.717, 1.165) is 244 Å². The standard InChI is InChI=1S/C37H42N6O5.C32H34N6O4.C23H26N6O2.C14H17ClO3/c1-23-29-19-38-37(41-35(29)43(28-7-3-4-8-28)36(46)34(23)24(2)44)40-32-15-14-27-21-42(17-16-30(27)39-32)20-25-10-12-26(13-11-25)31(45)22-48-33-9-5-6-18-47-33;1-19-25-15-33-32(36-30(25)38(24-5-3-4-6-24)31(42)29(19)20(2)40)35-28-12-11-23-17-37(14-13-26(23)34-28)16-21-7-9-22(10-8-21)27(41)18-39;1-13-17-12-25-23(27-19-8-7-15-11-24-10-9-18(15)26-19)28-21(17)29(16-5-3-4-6-16)22(31)20(13)14(2)30;15-9-11-4-6-12(7-5-11)13(16)10-18-14-3-1-2-8-17-14/h10-15,19,28,33H,3-9,16-18,20-22H2,1-2H3,(H,38,39,40,41);7-12,15,24,39H,3-6,13-14,16-18H2,1-2H3,(H,33,34,35,36);7-8,12,16,24H,3-6,9-11H2,1-2H3,(H,25,26,27,28);4-7,14H,1-3,8-10H2. The maximum Gasteiger partial charge on any atom is 0.263 e. The molecule has 3 saturated carbocycles. The average Bonchev–Trinajstić information content (AvgIpc) is 0.775. The summed E-state index contributed by atoms with van der Waals surface area (Å²) in [4.78, 5) is 161. The van der Waals surface area contributed by atoms with Crippen molar-refractivity contribution in [2.24, 2.45) is 0 Å². The summed E-state index contributed by atoms with van der Waals surface area (Å²) >= 11 is 5.70. The second kappa shape index (κ2) is 45.1. The van der Waals surface area contributed by atoms with Crippen molar-refractivity contribution in [3.05, 3.63) is 259 Å². The molecule has 139 heavy (non-hydrogen) atoms. The molecule has 32 nitrogen and oxygen atoms in total. The minimum absolute atomic E-state index is 0.0206. The van der Waals surface area contributed by atoms with Gasteiger partial charge in [-0.25, -0.2) is 29.9 Å². The van der Waals surface area contributed by atoms with Gasteiger partial charge < -0.3 is 45.3 Å². The van der Waals surface area contributed by atoms with E-state index in [0.29, 0.717) is 103 Å². The topological polar surface area (TPSA) is 396 Å². The highest BCUT2D eigenvalue weighted by atomic mass is 35.5. The van der Waals surface area contributed by atoms with Gasteiger partial charge in [0.25, 0.3) is 16.7 Å². The fourth-order valence-corrected chi connectivity index (χ4v) is 20.4. The zero-order chi connectivity index (χ0) is 96.9. The first-order valence-corrected chi connectivity index (χ1v) is 49.2. The van der Waals surface area contributed by atoms with Gasteiger partial charge in [0.15, 0.2) is 47.3 Å². The smallest absolute Gasteiger partial charge is 0.263 e. The molecule has 9 aromatic heterocycles. The third-order valence-corrected chi connectivity index (χ3v) is 28.0. The van der Waals surface area contributed by atoms with Crippen molar-refractivity contribution in [2.45, 2.75) is 246 Å². The van der Waals surface area contributed by atoms with Crippen LogP contribution in [0.15, 0.2) is 142 Å². The van der Waals surface area contributed by atoms with Crippen LogP contribution in [-0.2, 0) is 76.8 Å². The molecule has 2 saturated heterocycles. The van der Waals surface area contributed by atoms with Crippen molar-refractivity contribution in [1.29, 1.82) is 0 Å². The summed E-state index contributed by atoms with van der Waals surface area (Å²) in [7, 11) is 0. The Morgan fingerprint density at radius 3 is 1.10 bits per heavy atom. The van der Waals surface area contributed by atoms with Crippen molar-refractivity contribution >= 4 is 115 Å². The lowest BCUT2D eigenvalue weighted by Gasteiger charge is -2.28. The van der Waals surface area contributed by atoms with Gasteiger partial charge in [0, 0.05) is 177 Å². The third kappa shape index (κ3) is 23.1. The normalized spacial score (nSPS) is 17.4. The van der Waals surface area contributed by atoms with Gasteiger partial charge in [0.1, 0.15) is 54.2 Å². The zero-order valence-corrected chi connectivity index (χ0v) is 80.4. The number of carbonyl (C=O) groups is 6. The van der Waals surface area contributed by atoms with Crippen LogP contribution in [-0.4, -0.2) is 173 Å². The summed E-state index contributed by atoms with van der Waals surface area (Å²) in [6.45, 7) is 17.3. The van der Waals surface area contributed by atoms with E-state index in [9.17, 15) is 43.2 Å². The number of ether oxygens (including phenoxy) is 4. The number of nitrogens with zero attached hydrogens (tertiary/aromatic N) is 14. The van der Waals surface area contributed by atoms with Crippen LogP contribution in [0.1, 0.15) is 284 Å². The van der Waals surface area contributed by atoms with Gasteiger partial charge in [-0.3, -0.25) is 66.7 Å². The van der Waals surface area contributed by atoms with E-state index in [4.69, 9.17) is 65.6 Å². The number of aliphatic hydroxyl groups is 1. The maximum atomic E-state index is 13.5. The lowest BCUT2D eigenvalue weighted by atomic mass is 10.0. The van der Waals surface area contributed by atoms with Crippen LogP contribution in [0, 0.1) is 20.8 Å². The molecule has 5 N–H and O–H groups in total. The second-order valence-electron chi connectivity index (χ2n) is 37.3. The average molecular weight is 1900 g/mol. The number of aliphatic hydroxyl groups excluding tert-OH is 1. The minimum Gasteiger partial charge on any atom is -0.388 e. The SMILES string of the molecule is CC(=O)c1c(C)c2cnc(Nc3ccc4c(n3)CCN(Cc3ccc(C(=O)CO)cc3)C4)nc2n(C2CCCC2)c1=O.CC(=O)c1c(C)c2cnc(Nc3ccc4c(n3)CCN(Cc3ccc(C(=O)COC5CCCCO5)cc3)C4)nc2n(C2CCCC2)c1=O.CC(=O)c1c(C)c2cnc(Nc3ccc4c(n3)CCNC4)nc2n(C2CCCC2)c1=O.O=C(COC1CCCCO1)c1ccc(CCl)cc1. The molecule has 3 aromatic carbocycles. The van der Waals surface area contributed by atoms with Gasteiger partial charge in [0.05, 0.1) is 16.7 Å². The number of hydrogen-bond donors (Lipinski definition) is 5. The molecule has 12 aromatic rings. The number of Topliss-reactive ketones (excluding diaryl/α,β-unsaturated/α-hetero) is 6. The van der Waals surface area contributed by atoms with E-state index in [2.05, 4.69) is 64.2 Å². The lowest BCUT2D eigenvalue weighted by Crippen LogP contribution is -2.31. The number of fused-ring (bicyclic) bond motifs is 6. The number of nitrogens with one attached hydrogen (secondary N) is 4. The molecular weight excluding hydrogens is 1780 g/mol. The molecule has 5 fully saturated rings. The Bertz CT molecular complexity index is 6780. The molecule has 0 radical (unpaired) electrons. The third-order valence-electron chi connectivity index (χ3n) is 27.7. The van der Waals surface area contributed by atoms with Gasteiger partial charge >= 0.3 is 0 Å². The van der Waals surface area contributed by atoms with Crippen LogP contribution in [0.4, 0.5) is 35.3 Å². The van der Waals surface area contributed by atoms with E-state index in [1.54, 1.807) is 77.3 Å². The molecule has 5 aliphatic heterocycles. The fraction of sp³-hybridized carbons (Fsp3) is 0.434. The Labute approximate surface area is 810 Å². The number of anilines is 6. The Morgan fingerprint density at radius 1 is 0.424 bits per heavy atom. The van der Waals surface area contributed by atoms with E-state index >= 15 is 0 Å². The molecule has 14 heterocycles. The minimum atomic E-state index is -0.484. The maximum absolute atomic E-state index is 13.5. The number of rotatable bonds is 27. The van der Waals surface area contributed by atoms with Crippen molar-refractivity contribution in [3.8, 4) is 0 Å². The van der Waals surface area contributed by atoms with Gasteiger partial charge in [-0.1, -0.05) is 130 Å². The Morgan fingerprint density at radius 2 is 0.763 bits per heavy atom. The lowest BCUT2D eigenvalue weighted by molar-refractivity contribution is -0.155. The van der Waals surface area contributed by atoms with Gasteiger partial charge in [-0.2, -0.15) is 15.0 Å². The Kier molecular flexibility index (Phi) is 31.8. The summed E-state index contributed by atoms with van der Waals surface area (Å²) in [5.41, 5.74) is 15.2. The van der Waals surface area contributed by atoms with Crippen LogP contribution in [0.25, 0.3) is 33.1 Å². The monoisotopic (exact) mass is 1900 g/mol. The summed E-state index contributed by atoms with van der Waals surface area (Å²) in [6, 6.07) is 34.6. The van der Waals surface area contributed by atoms with Crippen LogP contribution in [0.5, 0.6) is 0 Å². The number of pyridine rings is 6. The summed E-state index contributed by atoms with van der Waals surface area (Å²) in [5.74, 6) is 2.52. The fourth-order valence-electron chi connectivity index (χ4n) is 20.2. The van der Waals surface area contributed by atoms with Crippen LogP contribution < -0.4 is 37.9 Å². The molecular formula is C106H119ClN18O14. The van der Waals surface area contributed by atoms with Gasteiger partial charge in [-0.05, 0) is 187 Å². The Hall–Kier alpha value is -12.6. The first-order chi connectivity index (χ1) is 67.5. The van der Waals surface area contributed by atoms with Crippen molar-refractivity contribution in [2.75, 3.05) is 68.6 Å². The van der Waals surface area contributed by atoms with E-state index < -0.39 is 6.61 Å². The molecule has 8 aliphatic rings. The van der Waals surface area contributed by atoms with Crippen LogP contribution in [0.2, 0.25) is 0 Å². The van der Waals surface area contributed by atoms with Gasteiger partial charge in [-0.15, -0.1) is 11.6 Å². The first-order valence-electron chi connectivity index (χ1n) is 48.7. The van der Waals surface area contributed by atoms with Crippen LogP contribution in [0.3, 0.4) is 0 Å². The summed E-state index contributed by atoms with van der Waals surface area (Å²) in [6.07, 6.45) is 24.8. The summed E-state index contributed by atoms with van der Waals surface area (Å²) < 4.78 is 27.3. The Balaban J connectivity index is 0.000000134. The largest absolute Gasteiger partial charge is 0.388 e. The number of aromatic nitrogens is 12. The number of hydrogen-bond acceptors (Lipinski definition) is 29. The number of carbonyl (C=O) groups excluding carboxylic acids is 6. The highest BCUT2D eigenvalue weighted by Crippen LogP contribution is 2.38. The van der Waals surface area contributed by atoms with Crippen molar-refractivity contribution in [1.82, 2.24) is 73.7 Å². The summed E-state index contributed by atoms with van der Waals surface area (Å²) in [5, 5.41) is 24.3. The molecule has 0 bridgehead atoms. The second-order valence-corrected chi connectivity index (χ2v) is 37.6. The molecule has 3 aliphatic carbocycles. The van der Waals surface area contributed by atoms with E-state index in [-0.39, 0.29) is 112 Å². The predicted octanol–water partition coefficient (Wildman–Crippen LogP) is 16.5. The molecule has 33 heteroatoms. The molecule has 0 spiro atoms. The molecule has 724 valence electrons. The van der Waals surface area contributed by atoms with Crippen molar-refractivity contribution in [3.63, 3.8) is 0 Å². The molecule has 0 amide bonds. The van der Waals surface area contributed by atoms with E-state index in [1.807, 2.05) is 66.7 Å². The first kappa shape index (κ1) is 98.0. The highest BCUT2D eigenvalue weighted by molar-refractivity contribution is 6.17. The number of halogens is 1. The van der Waals surface area contributed by atoms with Gasteiger partial charge in [0.2, 0.25) is 17.8 Å². The van der Waals surface area contributed by atoms with Crippen LogP contribution >= 0.6 is 11.6 Å². The number of alkyl halides is 1.